The second kappa shape index (κ2) is 5.34. The molecule has 1 aromatic carbocycles. The Hall–Kier alpha value is -1.34. The first kappa shape index (κ1) is 14.1. The fraction of sp³-hybridized carbons (Fsp3) is 0.538. The molecule has 1 aromatic rings. The average Bonchev–Trinajstić information content (AvgIpc) is 2.63. The molecule has 0 aromatic heterocycles. The van der Waals surface area contributed by atoms with Crippen LogP contribution in [-0.4, -0.2) is 46.5 Å². The quantitative estimate of drug-likeness (QED) is 0.483. The molecule has 19 heavy (non-hydrogen) atoms. The fourth-order valence-corrected chi connectivity index (χ4v) is 2.14. The largest absolute Gasteiger partial charge is 0.397 e. The minimum absolute atomic E-state index is 0.348. The molecule has 0 saturated carbocycles. The van der Waals surface area contributed by atoms with E-state index >= 15 is 0 Å². The van der Waals surface area contributed by atoms with Crippen molar-refractivity contribution in [2.75, 3.05) is 17.7 Å². The number of aryl methyl sites for hydroxylation is 2. The summed E-state index contributed by atoms with van der Waals surface area (Å²) in [7, 11) is 0. The third-order valence-electron chi connectivity index (χ3n) is 3.51. The van der Waals surface area contributed by atoms with Gasteiger partial charge in [-0.15, -0.1) is 0 Å². The molecule has 0 amide bonds. The van der Waals surface area contributed by atoms with Crippen LogP contribution in [0, 0.1) is 13.8 Å². The van der Waals surface area contributed by atoms with Crippen LogP contribution in [0.25, 0.3) is 0 Å². The van der Waals surface area contributed by atoms with Crippen molar-refractivity contribution in [1.82, 2.24) is 0 Å². The first-order valence-corrected chi connectivity index (χ1v) is 6.19. The summed E-state index contributed by atoms with van der Waals surface area (Å²) < 4.78 is 5.35. The van der Waals surface area contributed by atoms with Gasteiger partial charge in [-0.25, -0.2) is 0 Å². The molecule has 1 saturated heterocycles. The monoisotopic (exact) mass is 268 g/mol. The summed E-state index contributed by atoms with van der Waals surface area (Å²) in [4.78, 5) is 0. The number of aliphatic hydroxyl groups is 3. The summed E-state index contributed by atoms with van der Waals surface area (Å²) in [5.41, 5.74) is 9.22. The number of hydrogen-bond donors (Lipinski definition) is 5. The van der Waals surface area contributed by atoms with Crippen molar-refractivity contribution in [3.63, 3.8) is 0 Å². The Bertz CT molecular complexity index is 466. The van der Waals surface area contributed by atoms with E-state index in [2.05, 4.69) is 5.32 Å². The number of ether oxygens (including phenoxy) is 1. The van der Waals surface area contributed by atoms with E-state index in [1.165, 1.54) is 0 Å². The average molecular weight is 268 g/mol. The normalized spacial score (nSPS) is 30.6. The summed E-state index contributed by atoms with van der Waals surface area (Å²) in [5, 5.41) is 31.5. The highest BCUT2D eigenvalue weighted by atomic mass is 16.6. The lowest BCUT2D eigenvalue weighted by Gasteiger charge is -2.20. The van der Waals surface area contributed by atoms with E-state index in [0.29, 0.717) is 11.4 Å². The number of hydrogen-bond acceptors (Lipinski definition) is 6. The van der Waals surface area contributed by atoms with Crippen molar-refractivity contribution >= 4 is 11.4 Å². The Morgan fingerprint density at radius 3 is 2.42 bits per heavy atom. The summed E-state index contributed by atoms with van der Waals surface area (Å²) in [6, 6.07) is 3.69. The Morgan fingerprint density at radius 2 is 1.84 bits per heavy atom. The fourth-order valence-electron chi connectivity index (χ4n) is 2.14. The lowest BCUT2D eigenvalue weighted by Crippen LogP contribution is -2.36. The Morgan fingerprint density at radius 1 is 1.21 bits per heavy atom. The molecular formula is C13H20N2O4. The summed E-state index contributed by atoms with van der Waals surface area (Å²) in [6.07, 6.45) is -3.81. The predicted molar refractivity (Wildman–Crippen MR) is 71.7 cm³/mol. The van der Waals surface area contributed by atoms with Gasteiger partial charge in [0, 0.05) is 0 Å². The SMILES string of the molecule is Cc1cc(N)c(N[C@H]2O[C@@H](CO)[C@@H](O)[C@@H]2O)cc1C. The molecule has 106 valence electrons. The third kappa shape index (κ3) is 2.66. The standard InChI is InChI=1S/C13H20N2O4/c1-6-3-8(14)9(4-7(6)2)15-13-12(18)11(17)10(5-16)19-13/h3-4,10-13,15-18H,5,14H2,1-2H3/t10-,11+,12-,13-/m0/s1. The highest BCUT2D eigenvalue weighted by molar-refractivity contribution is 5.68. The van der Waals surface area contributed by atoms with E-state index in [9.17, 15) is 10.2 Å². The molecule has 1 aliphatic heterocycles. The highest BCUT2D eigenvalue weighted by Crippen LogP contribution is 2.28. The number of nitrogens with two attached hydrogens (primary N) is 1. The molecule has 6 heteroatoms. The van der Waals surface area contributed by atoms with E-state index in [1.54, 1.807) is 0 Å². The molecule has 0 radical (unpaired) electrons. The summed E-state index contributed by atoms with van der Waals surface area (Å²) in [6.45, 7) is 3.57. The molecule has 1 heterocycles. The van der Waals surface area contributed by atoms with E-state index in [4.69, 9.17) is 15.6 Å². The molecule has 6 nitrogen and oxygen atoms in total. The maximum Gasteiger partial charge on any atom is 0.157 e. The lowest BCUT2D eigenvalue weighted by molar-refractivity contribution is -0.0153. The van der Waals surface area contributed by atoms with E-state index in [-0.39, 0.29) is 6.61 Å². The second-order valence-electron chi connectivity index (χ2n) is 4.93. The van der Waals surface area contributed by atoms with Crippen LogP contribution in [0.2, 0.25) is 0 Å². The van der Waals surface area contributed by atoms with Gasteiger partial charge in [0.15, 0.2) is 6.23 Å². The third-order valence-corrected chi connectivity index (χ3v) is 3.51. The van der Waals surface area contributed by atoms with Gasteiger partial charge in [-0.3, -0.25) is 0 Å². The van der Waals surface area contributed by atoms with Gasteiger partial charge < -0.3 is 31.1 Å². The molecule has 0 bridgehead atoms. The van der Waals surface area contributed by atoms with E-state index in [1.807, 2.05) is 26.0 Å². The van der Waals surface area contributed by atoms with Crippen molar-refractivity contribution in [3.8, 4) is 0 Å². The van der Waals surface area contributed by atoms with Gasteiger partial charge in [-0.1, -0.05) is 0 Å². The lowest BCUT2D eigenvalue weighted by atomic mass is 10.1. The molecule has 4 atom stereocenters. The maximum atomic E-state index is 9.85. The first-order chi connectivity index (χ1) is 8.93. The topological polar surface area (TPSA) is 108 Å². The number of aliphatic hydroxyl groups excluding tert-OH is 3. The minimum Gasteiger partial charge on any atom is -0.397 e. The molecule has 6 N–H and O–H groups in total. The first-order valence-electron chi connectivity index (χ1n) is 6.19. The van der Waals surface area contributed by atoms with Crippen molar-refractivity contribution in [3.05, 3.63) is 23.3 Å². The van der Waals surface area contributed by atoms with Crippen LogP contribution in [-0.2, 0) is 4.74 Å². The van der Waals surface area contributed by atoms with Gasteiger partial charge in [0.1, 0.15) is 18.3 Å². The molecule has 0 aliphatic carbocycles. The summed E-state index contributed by atoms with van der Waals surface area (Å²) in [5.74, 6) is 0. The Balaban J connectivity index is 2.16. The van der Waals surface area contributed by atoms with Crippen LogP contribution < -0.4 is 11.1 Å². The number of benzene rings is 1. The molecule has 2 rings (SSSR count). The molecule has 1 fully saturated rings. The van der Waals surface area contributed by atoms with E-state index < -0.39 is 24.5 Å². The van der Waals surface area contributed by atoms with Crippen LogP contribution in [0.1, 0.15) is 11.1 Å². The van der Waals surface area contributed by atoms with Gasteiger partial charge >= 0.3 is 0 Å². The maximum absolute atomic E-state index is 9.85. The van der Waals surface area contributed by atoms with Gasteiger partial charge in [0.25, 0.3) is 0 Å². The zero-order valence-corrected chi connectivity index (χ0v) is 11.0. The Labute approximate surface area is 111 Å². The van der Waals surface area contributed by atoms with E-state index in [0.717, 1.165) is 11.1 Å². The zero-order chi connectivity index (χ0) is 14.2. The molecule has 0 spiro atoms. The van der Waals surface area contributed by atoms with Gasteiger partial charge in [0.05, 0.1) is 18.0 Å². The number of rotatable bonds is 3. The number of nitrogens with one attached hydrogen (secondary N) is 1. The van der Waals surface area contributed by atoms with Crippen molar-refractivity contribution in [2.45, 2.75) is 38.4 Å². The van der Waals surface area contributed by atoms with Crippen LogP contribution in [0.5, 0.6) is 0 Å². The minimum atomic E-state index is -1.12. The van der Waals surface area contributed by atoms with Crippen LogP contribution in [0.4, 0.5) is 11.4 Å². The number of nitrogen functional groups attached to an aromatic ring is 1. The highest BCUT2D eigenvalue weighted by Gasteiger charge is 2.42. The van der Waals surface area contributed by atoms with Crippen LogP contribution in [0.15, 0.2) is 12.1 Å². The van der Waals surface area contributed by atoms with Crippen molar-refractivity contribution < 1.29 is 20.1 Å². The second-order valence-corrected chi connectivity index (χ2v) is 4.93. The smallest absolute Gasteiger partial charge is 0.157 e. The van der Waals surface area contributed by atoms with Gasteiger partial charge in [-0.05, 0) is 37.1 Å². The predicted octanol–water partition coefficient (Wildman–Crippen LogP) is -0.263. The summed E-state index contributed by atoms with van der Waals surface area (Å²) >= 11 is 0. The van der Waals surface area contributed by atoms with Crippen LogP contribution in [0.3, 0.4) is 0 Å². The van der Waals surface area contributed by atoms with Crippen LogP contribution >= 0.6 is 0 Å². The molecule has 1 aliphatic rings. The Kier molecular flexibility index (Phi) is 3.96. The van der Waals surface area contributed by atoms with Gasteiger partial charge in [-0.2, -0.15) is 0 Å². The molecule has 0 unspecified atom stereocenters. The zero-order valence-electron chi connectivity index (χ0n) is 11.0. The molecular weight excluding hydrogens is 248 g/mol. The number of anilines is 2. The van der Waals surface area contributed by atoms with Crippen molar-refractivity contribution in [2.24, 2.45) is 0 Å². The van der Waals surface area contributed by atoms with Gasteiger partial charge in [0.2, 0.25) is 0 Å². The van der Waals surface area contributed by atoms with Crippen molar-refractivity contribution in [1.29, 1.82) is 0 Å².